The number of amides is 2. The van der Waals surface area contributed by atoms with Crippen LogP contribution < -0.4 is 0 Å². The molecule has 1 fully saturated rings. The minimum absolute atomic E-state index is 0.0165. The summed E-state index contributed by atoms with van der Waals surface area (Å²) in [6.45, 7) is 2.83. The van der Waals surface area contributed by atoms with Crippen LogP contribution in [-0.2, 0) is 20.7 Å². The van der Waals surface area contributed by atoms with Gasteiger partial charge in [-0.25, -0.2) is 4.39 Å². The summed E-state index contributed by atoms with van der Waals surface area (Å²) in [5.74, 6) is -0.219. The molecular formula is C17H23FN2O3. The largest absolute Gasteiger partial charge is 0.384 e. The first kappa shape index (κ1) is 17.4. The van der Waals surface area contributed by atoms with Crippen LogP contribution >= 0.6 is 0 Å². The van der Waals surface area contributed by atoms with Gasteiger partial charge < -0.3 is 14.5 Å². The molecule has 1 heterocycles. The van der Waals surface area contributed by atoms with Crippen LogP contribution in [0.3, 0.4) is 0 Å². The van der Waals surface area contributed by atoms with E-state index in [0.717, 1.165) is 12.0 Å². The molecule has 1 saturated heterocycles. The fraction of sp³-hybridized carbons (Fsp3) is 0.529. The Morgan fingerprint density at radius 3 is 2.26 bits per heavy atom. The van der Waals surface area contributed by atoms with Crippen LogP contribution in [0.25, 0.3) is 0 Å². The van der Waals surface area contributed by atoms with Gasteiger partial charge in [-0.3, -0.25) is 9.59 Å². The Labute approximate surface area is 136 Å². The van der Waals surface area contributed by atoms with Crippen LogP contribution in [0.15, 0.2) is 24.3 Å². The summed E-state index contributed by atoms with van der Waals surface area (Å²) in [4.78, 5) is 28.0. The molecule has 0 spiro atoms. The van der Waals surface area contributed by atoms with Crippen molar-refractivity contribution in [2.75, 3.05) is 39.9 Å². The smallest absolute Gasteiger partial charge is 0.227 e. The van der Waals surface area contributed by atoms with Crippen molar-refractivity contribution in [3.05, 3.63) is 35.6 Å². The third-order valence-electron chi connectivity index (χ3n) is 3.99. The van der Waals surface area contributed by atoms with Crippen molar-refractivity contribution < 1.29 is 18.7 Å². The molecule has 5 nitrogen and oxygen atoms in total. The maximum atomic E-state index is 12.9. The molecule has 0 radical (unpaired) electrons. The van der Waals surface area contributed by atoms with E-state index in [1.165, 1.54) is 12.1 Å². The minimum atomic E-state index is -0.304. The van der Waals surface area contributed by atoms with Gasteiger partial charge in [-0.2, -0.15) is 0 Å². The van der Waals surface area contributed by atoms with Crippen molar-refractivity contribution in [1.82, 2.24) is 9.80 Å². The highest BCUT2D eigenvalue weighted by molar-refractivity contribution is 5.79. The molecule has 23 heavy (non-hydrogen) atoms. The number of ether oxygens (including phenoxy) is 1. The number of benzene rings is 1. The van der Waals surface area contributed by atoms with Gasteiger partial charge in [0.2, 0.25) is 11.8 Å². The Hall–Kier alpha value is -1.95. The highest BCUT2D eigenvalue weighted by Crippen LogP contribution is 2.09. The minimum Gasteiger partial charge on any atom is -0.384 e. The lowest BCUT2D eigenvalue weighted by Gasteiger charge is -2.22. The van der Waals surface area contributed by atoms with Crippen LogP contribution in [-0.4, -0.2) is 61.5 Å². The standard InChI is InChI=1S/C17H23FN2O3/c1-23-12-7-16(21)19-8-2-9-20(11-10-19)17(22)13-14-3-5-15(18)6-4-14/h3-6H,2,7-13H2,1H3. The quantitative estimate of drug-likeness (QED) is 0.825. The summed E-state index contributed by atoms with van der Waals surface area (Å²) in [5, 5.41) is 0. The maximum absolute atomic E-state index is 12.9. The van der Waals surface area contributed by atoms with Crippen LogP contribution in [0.1, 0.15) is 18.4 Å². The van der Waals surface area contributed by atoms with Gasteiger partial charge in [-0.15, -0.1) is 0 Å². The van der Waals surface area contributed by atoms with Gasteiger partial charge >= 0.3 is 0 Å². The number of rotatable bonds is 5. The lowest BCUT2D eigenvalue weighted by atomic mass is 10.1. The molecule has 0 aromatic heterocycles. The third-order valence-corrected chi connectivity index (χ3v) is 3.99. The highest BCUT2D eigenvalue weighted by Gasteiger charge is 2.21. The Morgan fingerprint density at radius 1 is 1.04 bits per heavy atom. The number of halogens is 1. The number of carbonyl (C=O) groups is 2. The molecule has 2 amide bonds. The first-order chi connectivity index (χ1) is 11.1. The van der Waals surface area contributed by atoms with Crippen molar-refractivity contribution >= 4 is 11.8 Å². The zero-order valence-corrected chi connectivity index (χ0v) is 13.5. The summed E-state index contributed by atoms with van der Waals surface area (Å²) in [5.41, 5.74) is 0.800. The second-order valence-corrected chi connectivity index (χ2v) is 5.66. The lowest BCUT2D eigenvalue weighted by molar-refractivity contribution is -0.133. The van der Waals surface area contributed by atoms with E-state index in [2.05, 4.69) is 0 Å². The van der Waals surface area contributed by atoms with Gasteiger partial charge in [0.05, 0.1) is 19.4 Å². The van der Waals surface area contributed by atoms with E-state index in [9.17, 15) is 14.0 Å². The molecule has 6 heteroatoms. The fourth-order valence-electron chi connectivity index (χ4n) is 2.65. The first-order valence-electron chi connectivity index (χ1n) is 7.89. The molecule has 1 aliphatic heterocycles. The van der Waals surface area contributed by atoms with Gasteiger partial charge in [-0.1, -0.05) is 12.1 Å². The lowest BCUT2D eigenvalue weighted by Crippen LogP contribution is -2.38. The molecule has 0 unspecified atom stereocenters. The van der Waals surface area contributed by atoms with E-state index < -0.39 is 0 Å². The summed E-state index contributed by atoms with van der Waals surface area (Å²) in [6, 6.07) is 5.99. The molecule has 126 valence electrons. The van der Waals surface area contributed by atoms with Gasteiger partial charge in [-0.05, 0) is 24.1 Å². The SMILES string of the molecule is COCCC(=O)N1CCCN(C(=O)Cc2ccc(F)cc2)CC1. The maximum Gasteiger partial charge on any atom is 0.227 e. The molecule has 2 rings (SSSR count). The van der Waals surface area contributed by atoms with Gasteiger partial charge in [0.1, 0.15) is 5.82 Å². The number of nitrogens with zero attached hydrogens (tertiary/aromatic N) is 2. The number of hydrogen-bond acceptors (Lipinski definition) is 3. The predicted molar refractivity (Wildman–Crippen MR) is 84.4 cm³/mol. The zero-order valence-electron chi connectivity index (χ0n) is 13.5. The monoisotopic (exact) mass is 322 g/mol. The van der Waals surface area contributed by atoms with E-state index >= 15 is 0 Å². The third kappa shape index (κ3) is 5.32. The Kier molecular flexibility index (Phi) is 6.52. The van der Waals surface area contributed by atoms with E-state index in [-0.39, 0.29) is 24.1 Å². The average molecular weight is 322 g/mol. The van der Waals surface area contributed by atoms with Gasteiger partial charge in [0, 0.05) is 33.3 Å². The van der Waals surface area contributed by atoms with E-state index in [4.69, 9.17) is 4.74 Å². The Balaban J connectivity index is 1.85. The molecular weight excluding hydrogens is 299 g/mol. The van der Waals surface area contributed by atoms with Gasteiger partial charge in [0.25, 0.3) is 0 Å². The fourth-order valence-corrected chi connectivity index (χ4v) is 2.65. The summed E-state index contributed by atoms with van der Waals surface area (Å²) >= 11 is 0. The second kappa shape index (κ2) is 8.62. The van der Waals surface area contributed by atoms with Crippen molar-refractivity contribution in [2.24, 2.45) is 0 Å². The van der Waals surface area contributed by atoms with Crippen LogP contribution in [0, 0.1) is 5.82 Å². The Morgan fingerprint density at radius 2 is 1.65 bits per heavy atom. The first-order valence-corrected chi connectivity index (χ1v) is 7.89. The van der Waals surface area contributed by atoms with Crippen LogP contribution in [0.5, 0.6) is 0 Å². The number of methoxy groups -OCH3 is 1. The van der Waals surface area contributed by atoms with Crippen molar-refractivity contribution in [1.29, 1.82) is 0 Å². The highest BCUT2D eigenvalue weighted by atomic mass is 19.1. The van der Waals surface area contributed by atoms with E-state index in [1.54, 1.807) is 29.0 Å². The van der Waals surface area contributed by atoms with E-state index in [1.807, 2.05) is 0 Å². The van der Waals surface area contributed by atoms with Crippen molar-refractivity contribution in [2.45, 2.75) is 19.3 Å². The number of carbonyl (C=O) groups excluding carboxylic acids is 2. The summed E-state index contributed by atoms with van der Waals surface area (Å²) in [7, 11) is 1.57. The van der Waals surface area contributed by atoms with E-state index in [0.29, 0.717) is 39.2 Å². The molecule has 1 aromatic rings. The van der Waals surface area contributed by atoms with Crippen molar-refractivity contribution in [3.63, 3.8) is 0 Å². The summed E-state index contributed by atoms with van der Waals surface area (Å²) < 4.78 is 17.8. The predicted octanol–water partition coefficient (Wildman–Crippen LogP) is 1.47. The van der Waals surface area contributed by atoms with Gasteiger partial charge in [0.15, 0.2) is 0 Å². The van der Waals surface area contributed by atoms with Crippen molar-refractivity contribution in [3.8, 4) is 0 Å². The van der Waals surface area contributed by atoms with Crippen LogP contribution in [0.2, 0.25) is 0 Å². The molecule has 0 N–H and O–H groups in total. The Bertz CT molecular complexity index is 533. The zero-order chi connectivity index (χ0) is 16.7. The summed E-state index contributed by atoms with van der Waals surface area (Å²) in [6.07, 6.45) is 1.41. The molecule has 0 bridgehead atoms. The molecule has 0 atom stereocenters. The molecule has 1 aromatic carbocycles. The second-order valence-electron chi connectivity index (χ2n) is 5.66. The normalized spacial score (nSPS) is 15.4. The molecule has 1 aliphatic rings. The average Bonchev–Trinajstić information content (AvgIpc) is 2.81. The molecule has 0 saturated carbocycles. The topological polar surface area (TPSA) is 49.9 Å². The van der Waals surface area contributed by atoms with Crippen LogP contribution in [0.4, 0.5) is 4.39 Å². The number of hydrogen-bond donors (Lipinski definition) is 0. The molecule has 0 aliphatic carbocycles.